The Balaban J connectivity index is 2.14. The Labute approximate surface area is 126 Å². The Bertz CT molecular complexity index is 643. The molecule has 1 atom stereocenters. The molecule has 7 nitrogen and oxygen atoms in total. The minimum atomic E-state index is -1.02. The van der Waals surface area contributed by atoms with Gasteiger partial charge in [0.05, 0.1) is 17.4 Å². The normalized spacial score (nSPS) is 12.1. The van der Waals surface area contributed by atoms with Crippen LogP contribution in [0.25, 0.3) is 0 Å². The molecule has 0 saturated carbocycles. The molecular formula is C13H17N5O2S. The summed E-state index contributed by atoms with van der Waals surface area (Å²) < 4.78 is 0. The summed E-state index contributed by atoms with van der Waals surface area (Å²) in [6.45, 7) is 5.92. The van der Waals surface area contributed by atoms with Gasteiger partial charge in [-0.3, -0.25) is 0 Å². The number of nitrogens with zero attached hydrogens (tertiary/aromatic N) is 4. The van der Waals surface area contributed by atoms with Crippen LogP contribution in [0.2, 0.25) is 0 Å². The minimum Gasteiger partial charge on any atom is -0.476 e. The molecule has 21 heavy (non-hydrogen) atoms. The fourth-order valence-corrected chi connectivity index (χ4v) is 2.64. The van der Waals surface area contributed by atoms with Gasteiger partial charge in [0.2, 0.25) is 5.95 Å². The van der Waals surface area contributed by atoms with E-state index in [0.717, 1.165) is 24.2 Å². The van der Waals surface area contributed by atoms with Gasteiger partial charge in [0.15, 0.2) is 5.69 Å². The van der Waals surface area contributed by atoms with Crippen LogP contribution in [0.1, 0.15) is 53.7 Å². The zero-order valence-corrected chi connectivity index (χ0v) is 12.9. The first-order valence-corrected chi connectivity index (χ1v) is 7.60. The third-order valence-corrected chi connectivity index (χ3v) is 3.99. The third-order valence-electron chi connectivity index (χ3n) is 2.97. The Kier molecular flexibility index (Phi) is 4.79. The number of aromatic nitrogens is 4. The first-order chi connectivity index (χ1) is 10.0. The van der Waals surface area contributed by atoms with Crippen molar-refractivity contribution in [2.75, 3.05) is 5.32 Å². The van der Waals surface area contributed by atoms with Crippen molar-refractivity contribution < 1.29 is 9.90 Å². The Morgan fingerprint density at radius 3 is 2.57 bits per heavy atom. The van der Waals surface area contributed by atoms with Crippen molar-refractivity contribution >= 4 is 23.3 Å². The molecule has 0 saturated heterocycles. The molecule has 0 fully saturated rings. The number of thiazole rings is 1. The van der Waals surface area contributed by atoms with Gasteiger partial charge in [0, 0.05) is 5.38 Å². The Morgan fingerprint density at radius 2 is 2.00 bits per heavy atom. The summed E-state index contributed by atoms with van der Waals surface area (Å²) >= 11 is 1.29. The lowest BCUT2D eigenvalue weighted by molar-refractivity contribution is 0.0691. The molecule has 0 aliphatic carbocycles. The summed E-state index contributed by atoms with van der Waals surface area (Å²) in [6, 6.07) is -0.179. The van der Waals surface area contributed by atoms with Crippen LogP contribution < -0.4 is 5.32 Å². The van der Waals surface area contributed by atoms with E-state index in [9.17, 15) is 4.79 Å². The van der Waals surface area contributed by atoms with E-state index in [0.29, 0.717) is 11.0 Å². The van der Waals surface area contributed by atoms with Crippen LogP contribution in [0.5, 0.6) is 0 Å². The lowest BCUT2D eigenvalue weighted by Crippen LogP contribution is -2.13. The number of carboxylic acids is 1. The van der Waals surface area contributed by atoms with E-state index in [1.54, 1.807) is 0 Å². The smallest absolute Gasteiger partial charge is 0.355 e. The van der Waals surface area contributed by atoms with Crippen LogP contribution >= 0.6 is 11.3 Å². The third kappa shape index (κ3) is 3.52. The van der Waals surface area contributed by atoms with Crippen molar-refractivity contribution in [3.05, 3.63) is 27.5 Å². The van der Waals surface area contributed by atoms with Gasteiger partial charge in [-0.1, -0.05) is 13.8 Å². The van der Waals surface area contributed by atoms with E-state index in [1.807, 2.05) is 20.8 Å². The molecule has 0 aliphatic rings. The van der Waals surface area contributed by atoms with E-state index in [2.05, 4.69) is 25.5 Å². The number of rotatable bonds is 6. The van der Waals surface area contributed by atoms with Gasteiger partial charge in [-0.25, -0.2) is 14.8 Å². The SMILES string of the molecule is CCc1nnc(NC(C)c2nc(C(=O)O)cs2)nc1CC. The number of hydrogen-bond acceptors (Lipinski definition) is 7. The van der Waals surface area contributed by atoms with E-state index < -0.39 is 5.97 Å². The van der Waals surface area contributed by atoms with E-state index >= 15 is 0 Å². The van der Waals surface area contributed by atoms with Gasteiger partial charge in [-0.2, -0.15) is 5.10 Å². The molecule has 2 rings (SSSR count). The van der Waals surface area contributed by atoms with Gasteiger partial charge in [-0.05, 0) is 19.8 Å². The topological polar surface area (TPSA) is 101 Å². The lowest BCUT2D eigenvalue weighted by atomic mass is 10.2. The highest BCUT2D eigenvalue weighted by Crippen LogP contribution is 2.21. The second-order valence-corrected chi connectivity index (χ2v) is 5.37. The Morgan fingerprint density at radius 1 is 1.29 bits per heavy atom. The van der Waals surface area contributed by atoms with Gasteiger partial charge in [0.1, 0.15) is 5.01 Å². The average Bonchev–Trinajstić information content (AvgIpc) is 2.97. The molecule has 0 bridgehead atoms. The van der Waals surface area contributed by atoms with Crippen molar-refractivity contribution in [1.29, 1.82) is 0 Å². The maximum atomic E-state index is 10.8. The molecule has 2 N–H and O–H groups in total. The summed E-state index contributed by atoms with van der Waals surface area (Å²) in [4.78, 5) is 19.3. The van der Waals surface area contributed by atoms with Crippen LogP contribution in [-0.2, 0) is 12.8 Å². The van der Waals surface area contributed by atoms with Crippen molar-refractivity contribution in [2.45, 2.75) is 39.7 Å². The highest BCUT2D eigenvalue weighted by Gasteiger charge is 2.15. The highest BCUT2D eigenvalue weighted by molar-refractivity contribution is 7.09. The zero-order chi connectivity index (χ0) is 15.4. The molecule has 112 valence electrons. The monoisotopic (exact) mass is 307 g/mol. The maximum Gasteiger partial charge on any atom is 0.355 e. The van der Waals surface area contributed by atoms with Gasteiger partial charge < -0.3 is 10.4 Å². The molecule has 2 aromatic heterocycles. The average molecular weight is 307 g/mol. The summed E-state index contributed by atoms with van der Waals surface area (Å²) in [5.41, 5.74) is 1.88. The maximum absolute atomic E-state index is 10.8. The Hall–Kier alpha value is -2.09. The van der Waals surface area contributed by atoms with Crippen LogP contribution in [-0.4, -0.2) is 31.2 Å². The molecule has 0 spiro atoms. The molecule has 2 heterocycles. The fourth-order valence-electron chi connectivity index (χ4n) is 1.84. The summed E-state index contributed by atoms with van der Waals surface area (Å²) in [5, 5.41) is 22.4. The second-order valence-electron chi connectivity index (χ2n) is 4.48. The van der Waals surface area contributed by atoms with Crippen molar-refractivity contribution in [3.8, 4) is 0 Å². The number of anilines is 1. The number of hydrogen-bond donors (Lipinski definition) is 2. The first kappa shape index (κ1) is 15.3. The van der Waals surface area contributed by atoms with Gasteiger partial charge in [-0.15, -0.1) is 16.4 Å². The first-order valence-electron chi connectivity index (χ1n) is 6.72. The number of aryl methyl sites for hydroxylation is 2. The fraction of sp³-hybridized carbons (Fsp3) is 0.462. The highest BCUT2D eigenvalue weighted by atomic mass is 32.1. The van der Waals surface area contributed by atoms with Crippen molar-refractivity contribution in [3.63, 3.8) is 0 Å². The van der Waals surface area contributed by atoms with E-state index in [4.69, 9.17) is 5.11 Å². The molecule has 0 aromatic carbocycles. The number of carboxylic acid groups (broad SMARTS) is 1. The molecule has 2 aromatic rings. The number of nitrogens with one attached hydrogen (secondary N) is 1. The molecular weight excluding hydrogens is 290 g/mol. The summed E-state index contributed by atoms with van der Waals surface area (Å²) in [7, 11) is 0. The predicted molar refractivity (Wildman–Crippen MR) is 79.7 cm³/mol. The quantitative estimate of drug-likeness (QED) is 0.844. The standard InChI is InChI=1S/C13H17N5O2S/c1-4-8-9(5-2)17-18-13(16-8)14-7(3)11-15-10(6-21-11)12(19)20/h6-7H,4-5H2,1-3H3,(H,19,20)(H,14,16,18). The van der Waals surface area contributed by atoms with Crippen LogP contribution in [0.4, 0.5) is 5.95 Å². The molecule has 8 heteroatoms. The second kappa shape index (κ2) is 6.57. The number of aromatic carboxylic acids is 1. The van der Waals surface area contributed by atoms with Crippen LogP contribution in [0.3, 0.4) is 0 Å². The van der Waals surface area contributed by atoms with E-state index in [-0.39, 0.29) is 11.7 Å². The predicted octanol–water partition coefficient (Wildman–Crippen LogP) is 2.32. The van der Waals surface area contributed by atoms with Gasteiger partial charge in [0.25, 0.3) is 0 Å². The summed E-state index contributed by atoms with van der Waals surface area (Å²) in [5.74, 6) is -0.591. The molecule has 0 radical (unpaired) electrons. The van der Waals surface area contributed by atoms with Gasteiger partial charge >= 0.3 is 5.97 Å². The largest absolute Gasteiger partial charge is 0.476 e. The van der Waals surface area contributed by atoms with Crippen LogP contribution in [0, 0.1) is 0 Å². The van der Waals surface area contributed by atoms with Crippen molar-refractivity contribution in [2.24, 2.45) is 0 Å². The minimum absolute atomic E-state index is 0.0540. The van der Waals surface area contributed by atoms with Crippen molar-refractivity contribution in [1.82, 2.24) is 20.2 Å². The zero-order valence-electron chi connectivity index (χ0n) is 12.1. The molecule has 0 aliphatic heterocycles. The van der Waals surface area contributed by atoms with E-state index in [1.165, 1.54) is 16.7 Å². The van der Waals surface area contributed by atoms with Crippen LogP contribution in [0.15, 0.2) is 5.38 Å². The number of carbonyl (C=O) groups is 1. The molecule has 1 unspecified atom stereocenters. The summed E-state index contributed by atoms with van der Waals surface area (Å²) in [6.07, 6.45) is 1.59. The lowest BCUT2D eigenvalue weighted by Gasteiger charge is -2.12. The molecule has 0 amide bonds.